The van der Waals surface area contributed by atoms with Gasteiger partial charge < -0.3 is 4.48 Å². The monoisotopic (exact) mass is 142 g/mol. The Morgan fingerprint density at radius 2 is 2.00 bits per heavy atom. The zero-order valence-corrected chi connectivity index (χ0v) is 7.78. The normalized spacial score (nSPS) is 38.4. The van der Waals surface area contributed by atoms with Crippen molar-refractivity contribution in [1.29, 1.82) is 0 Å². The Bertz CT molecular complexity index is 129. The van der Waals surface area contributed by atoms with Gasteiger partial charge in [-0.1, -0.05) is 6.92 Å². The summed E-state index contributed by atoms with van der Waals surface area (Å²) in [6.45, 7) is 6.09. The first-order valence-corrected chi connectivity index (χ1v) is 4.35. The lowest BCUT2D eigenvalue weighted by Gasteiger charge is -2.40. The highest BCUT2D eigenvalue weighted by molar-refractivity contribution is 4.78. The molecule has 1 rings (SSSR count). The largest absolute Gasteiger partial charge is 0.324 e. The number of hydrogen-bond donors (Lipinski definition) is 0. The molecule has 0 saturated carbocycles. The summed E-state index contributed by atoms with van der Waals surface area (Å²) in [5, 5.41) is 0. The van der Waals surface area contributed by atoms with Gasteiger partial charge in [-0.3, -0.25) is 0 Å². The van der Waals surface area contributed by atoms with Crippen molar-refractivity contribution in [2.45, 2.75) is 38.6 Å². The van der Waals surface area contributed by atoms with E-state index in [4.69, 9.17) is 0 Å². The van der Waals surface area contributed by atoms with Gasteiger partial charge in [0.1, 0.15) is 0 Å². The molecular formula is C9H20N+. The number of likely N-dealkylation sites (tertiary alicyclic amines) is 1. The highest BCUT2D eigenvalue weighted by atomic mass is 15.4. The molecule has 0 aromatic rings. The molecular weight excluding hydrogens is 122 g/mol. The Hall–Kier alpha value is -0.0400. The first-order valence-electron chi connectivity index (χ1n) is 4.35. The molecule has 1 aliphatic heterocycles. The van der Waals surface area contributed by atoms with Crippen molar-refractivity contribution in [3.05, 3.63) is 0 Å². The van der Waals surface area contributed by atoms with Gasteiger partial charge in [0.05, 0.1) is 26.2 Å². The van der Waals surface area contributed by atoms with Crippen LogP contribution in [-0.2, 0) is 0 Å². The molecule has 1 nitrogen and oxygen atoms in total. The minimum Gasteiger partial charge on any atom is -0.324 e. The number of quaternary nitrogens is 1. The lowest BCUT2D eigenvalue weighted by molar-refractivity contribution is -0.926. The van der Waals surface area contributed by atoms with E-state index in [9.17, 15) is 0 Å². The molecule has 60 valence electrons. The average molecular weight is 142 g/mol. The van der Waals surface area contributed by atoms with E-state index in [1.807, 2.05) is 0 Å². The molecule has 1 unspecified atom stereocenters. The summed E-state index contributed by atoms with van der Waals surface area (Å²) in [7, 11) is 4.72. The third kappa shape index (κ3) is 0.968. The van der Waals surface area contributed by atoms with Crippen LogP contribution in [0.5, 0.6) is 0 Å². The summed E-state index contributed by atoms with van der Waals surface area (Å²) >= 11 is 0. The minimum absolute atomic E-state index is 0.569. The van der Waals surface area contributed by atoms with E-state index in [1.165, 1.54) is 30.3 Å². The Morgan fingerprint density at radius 3 is 2.20 bits per heavy atom. The van der Waals surface area contributed by atoms with Crippen LogP contribution in [0.15, 0.2) is 0 Å². The summed E-state index contributed by atoms with van der Waals surface area (Å²) in [5.74, 6) is 0. The minimum atomic E-state index is 0.569. The van der Waals surface area contributed by atoms with E-state index >= 15 is 0 Å². The standard InChI is InChI=1S/C9H20N/c1-5-9(2)7-6-8-10(9,3)4/h5-8H2,1-4H3/q+1. The van der Waals surface area contributed by atoms with Crippen molar-refractivity contribution < 1.29 is 4.48 Å². The maximum atomic E-state index is 2.42. The second-order valence-corrected chi connectivity index (χ2v) is 4.36. The van der Waals surface area contributed by atoms with E-state index < -0.39 is 0 Å². The predicted molar refractivity (Wildman–Crippen MR) is 44.9 cm³/mol. The van der Waals surface area contributed by atoms with Crippen molar-refractivity contribution in [1.82, 2.24) is 0 Å². The molecule has 1 atom stereocenters. The van der Waals surface area contributed by atoms with Crippen LogP contribution in [0.4, 0.5) is 0 Å². The molecule has 1 heterocycles. The highest BCUT2D eigenvalue weighted by Gasteiger charge is 2.43. The molecule has 10 heavy (non-hydrogen) atoms. The SMILES string of the molecule is CCC1(C)CCC[N+]1(C)C. The van der Waals surface area contributed by atoms with Crippen LogP contribution in [0, 0.1) is 0 Å². The number of rotatable bonds is 1. The predicted octanol–water partition coefficient (Wildman–Crippen LogP) is 2.03. The van der Waals surface area contributed by atoms with E-state index in [0.717, 1.165) is 0 Å². The van der Waals surface area contributed by atoms with Crippen LogP contribution < -0.4 is 0 Å². The molecule has 0 aromatic carbocycles. The second kappa shape index (κ2) is 2.23. The van der Waals surface area contributed by atoms with E-state index in [-0.39, 0.29) is 0 Å². The lowest BCUT2D eigenvalue weighted by Crippen LogP contribution is -2.52. The Balaban J connectivity index is 2.76. The van der Waals surface area contributed by atoms with Gasteiger partial charge in [0.25, 0.3) is 0 Å². The molecule has 0 aromatic heterocycles. The van der Waals surface area contributed by atoms with Crippen LogP contribution in [-0.4, -0.2) is 30.7 Å². The van der Waals surface area contributed by atoms with Crippen molar-refractivity contribution in [2.75, 3.05) is 20.6 Å². The summed E-state index contributed by atoms with van der Waals surface area (Å²) in [5.41, 5.74) is 0.569. The van der Waals surface area contributed by atoms with E-state index in [0.29, 0.717) is 5.54 Å². The second-order valence-electron chi connectivity index (χ2n) is 4.36. The fourth-order valence-electron chi connectivity index (χ4n) is 2.03. The van der Waals surface area contributed by atoms with Gasteiger partial charge >= 0.3 is 0 Å². The molecule has 0 radical (unpaired) electrons. The van der Waals surface area contributed by atoms with Crippen molar-refractivity contribution in [2.24, 2.45) is 0 Å². The van der Waals surface area contributed by atoms with Gasteiger partial charge in [-0.2, -0.15) is 0 Å². The zero-order valence-electron chi connectivity index (χ0n) is 7.78. The third-order valence-electron chi connectivity index (χ3n) is 3.66. The topological polar surface area (TPSA) is 0 Å². The van der Waals surface area contributed by atoms with Crippen LogP contribution >= 0.6 is 0 Å². The molecule has 1 saturated heterocycles. The van der Waals surface area contributed by atoms with Crippen LogP contribution in [0.25, 0.3) is 0 Å². The molecule has 1 heteroatoms. The zero-order chi connectivity index (χ0) is 7.83. The molecule has 0 aliphatic carbocycles. The first-order chi connectivity index (χ1) is 4.52. The summed E-state index contributed by atoms with van der Waals surface area (Å²) in [6.07, 6.45) is 4.15. The van der Waals surface area contributed by atoms with Gasteiger partial charge in [0.15, 0.2) is 0 Å². The van der Waals surface area contributed by atoms with Crippen LogP contribution in [0.2, 0.25) is 0 Å². The first kappa shape index (κ1) is 8.06. The summed E-state index contributed by atoms with van der Waals surface area (Å²) in [4.78, 5) is 0. The van der Waals surface area contributed by atoms with Crippen molar-refractivity contribution >= 4 is 0 Å². The smallest absolute Gasteiger partial charge is 0.0959 e. The number of hydrogen-bond acceptors (Lipinski definition) is 0. The Morgan fingerprint density at radius 1 is 1.40 bits per heavy atom. The fraction of sp³-hybridized carbons (Fsp3) is 1.00. The summed E-state index contributed by atoms with van der Waals surface area (Å²) in [6, 6.07) is 0. The molecule has 0 amide bonds. The van der Waals surface area contributed by atoms with Gasteiger partial charge in [-0.05, 0) is 13.3 Å². The number of nitrogens with zero attached hydrogens (tertiary/aromatic N) is 1. The van der Waals surface area contributed by atoms with Crippen molar-refractivity contribution in [3.8, 4) is 0 Å². The lowest BCUT2D eigenvalue weighted by atomic mass is 9.94. The van der Waals surface area contributed by atoms with Crippen molar-refractivity contribution in [3.63, 3.8) is 0 Å². The van der Waals surface area contributed by atoms with Gasteiger partial charge in [-0.25, -0.2) is 0 Å². The molecule has 0 bridgehead atoms. The van der Waals surface area contributed by atoms with Crippen LogP contribution in [0.1, 0.15) is 33.1 Å². The maximum absolute atomic E-state index is 2.42. The summed E-state index contributed by atoms with van der Waals surface area (Å²) < 4.78 is 1.23. The van der Waals surface area contributed by atoms with Gasteiger partial charge in [0.2, 0.25) is 0 Å². The van der Waals surface area contributed by atoms with E-state index in [2.05, 4.69) is 27.9 Å². The Kier molecular flexibility index (Phi) is 1.80. The Labute approximate surface area is 64.6 Å². The highest BCUT2D eigenvalue weighted by Crippen LogP contribution is 2.35. The molecule has 0 N–H and O–H groups in total. The maximum Gasteiger partial charge on any atom is 0.0959 e. The van der Waals surface area contributed by atoms with Gasteiger partial charge in [-0.15, -0.1) is 0 Å². The third-order valence-corrected chi connectivity index (χ3v) is 3.66. The molecule has 1 fully saturated rings. The average Bonchev–Trinajstić information content (AvgIpc) is 2.10. The van der Waals surface area contributed by atoms with Gasteiger partial charge in [0, 0.05) is 12.8 Å². The van der Waals surface area contributed by atoms with Crippen LogP contribution in [0.3, 0.4) is 0 Å². The fourth-order valence-corrected chi connectivity index (χ4v) is 2.03. The molecule has 1 aliphatic rings. The van der Waals surface area contributed by atoms with E-state index in [1.54, 1.807) is 0 Å². The molecule has 0 spiro atoms. The quantitative estimate of drug-likeness (QED) is 0.491.